The van der Waals surface area contributed by atoms with Crippen LogP contribution >= 0.6 is 11.6 Å². The molecular weight excluding hydrogens is 619 g/mol. The Balaban J connectivity index is 2.13. The van der Waals surface area contributed by atoms with Crippen LogP contribution in [0, 0.1) is 6.92 Å². The molecule has 44 heavy (non-hydrogen) atoms. The molecule has 0 spiro atoms. The number of carbonyl (C=O) groups excluding carboxylic acids is 2. The first kappa shape index (κ1) is 34.7. The maximum Gasteiger partial charge on any atom is 0.417 e. The van der Waals surface area contributed by atoms with Crippen LogP contribution in [-0.2, 0) is 32.3 Å². The summed E-state index contributed by atoms with van der Waals surface area (Å²) in [4.78, 5) is 28.3. The number of alkyl halides is 3. The van der Waals surface area contributed by atoms with E-state index in [2.05, 4.69) is 5.32 Å². The van der Waals surface area contributed by atoms with E-state index in [1.54, 1.807) is 38.1 Å². The summed E-state index contributed by atoms with van der Waals surface area (Å²) in [7, 11) is -3.06. The Morgan fingerprint density at radius 1 is 1.00 bits per heavy atom. The number of sulfonamides is 1. The van der Waals surface area contributed by atoms with Gasteiger partial charge in [-0.1, -0.05) is 55.3 Å². The molecule has 3 aromatic carbocycles. The summed E-state index contributed by atoms with van der Waals surface area (Å²) in [5.74, 6) is -0.661. The molecule has 0 saturated carbocycles. The van der Waals surface area contributed by atoms with Crippen LogP contribution < -0.4 is 14.4 Å². The van der Waals surface area contributed by atoms with E-state index in [0.717, 1.165) is 17.7 Å². The minimum atomic E-state index is -4.89. The molecule has 13 heteroatoms. The van der Waals surface area contributed by atoms with E-state index in [0.29, 0.717) is 34.7 Å². The second-order valence-corrected chi connectivity index (χ2v) is 12.3. The number of amides is 2. The summed E-state index contributed by atoms with van der Waals surface area (Å²) in [5.41, 5.74) is -0.288. The van der Waals surface area contributed by atoms with E-state index in [-0.39, 0.29) is 17.9 Å². The van der Waals surface area contributed by atoms with E-state index in [9.17, 15) is 31.2 Å². The summed E-state index contributed by atoms with van der Waals surface area (Å²) in [6.07, 6.45) is -4.04. The number of methoxy groups -OCH3 is 1. The fourth-order valence-electron chi connectivity index (χ4n) is 4.46. The minimum absolute atomic E-state index is 0.0757. The molecular formula is C31H35ClF3N3O5S. The number of nitrogens with one attached hydrogen (secondary N) is 1. The van der Waals surface area contributed by atoms with Gasteiger partial charge in [0.05, 0.1) is 28.3 Å². The number of hydrogen-bond acceptors (Lipinski definition) is 5. The van der Waals surface area contributed by atoms with Gasteiger partial charge < -0.3 is 15.0 Å². The molecule has 1 N–H and O–H groups in total. The molecule has 0 radical (unpaired) electrons. The van der Waals surface area contributed by atoms with Crippen molar-refractivity contribution in [3.63, 3.8) is 0 Å². The Morgan fingerprint density at radius 2 is 1.64 bits per heavy atom. The zero-order chi connectivity index (χ0) is 32.7. The molecule has 0 heterocycles. The zero-order valence-corrected chi connectivity index (χ0v) is 26.4. The molecule has 0 aliphatic rings. The van der Waals surface area contributed by atoms with Crippen LogP contribution in [0.3, 0.4) is 0 Å². The van der Waals surface area contributed by atoms with Gasteiger partial charge in [0.15, 0.2) is 0 Å². The normalized spacial score (nSPS) is 12.4. The van der Waals surface area contributed by atoms with Crippen LogP contribution in [0.15, 0.2) is 71.6 Å². The zero-order valence-electron chi connectivity index (χ0n) is 24.8. The molecule has 0 aromatic heterocycles. The highest BCUT2D eigenvalue weighted by Gasteiger charge is 2.37. The van der Waals surface area contributed by atoms with E-state index in [4.69, 9.17) is 16.3 Å². The minimum Gasteiger partial charge on any atom is -0.497 e. The van der Waals surface area contributed by atoms with Crippen molar-refractivity contribution in [3.8, 4) is 5.75 Å². The Morgan fingerprint density at radius 3 is 2.18 bits per heavy atom. The van der Waals surface area contributed by atoms with Gasteiger partial charge in [0.2, 0.25) is 11.8 Å². The van der Waals surface area contributed by atoms with Crippen molar-refractivity contribution in [1.29, 1.82) is 0 Å². The standard InChI is InChI=1S/C31H35ClF3N3O5S/c1-5-17-36-30(40)28(6-2)37(19-22-9-12-24(43-4)13-10-22)29(39)20-38(44(41,42)25-14-7-21(3)8-15-25)23-11-16-27(32)26(18-23)31(33,34)35/h7-16,18,28H,5-6,17,19-20H2,1-4H3,(H,36,40)/t28-/m1/s1. The van der Waals surface area contributed by atoms with Gasteiger partial charge in [-0.25, -0.2) is 8.42 Å². The van der Waals surface area contributed by atoms with Crippen LogP contribution in [-0.4, -0.2) is 51.4 Å². The molecule has 0 saturated heterocycles. The van der Waals surface area contributed by atoms with Crippen molar-refractivity contribution in [2.24, 2.45) is 0 Å². The number of anilines is 1. The summed E-state index contributed by atoms with van der Waals surface area (Å²) < 4.78 is 75.1. The Bertz CT molecular complexity index is 1550. The van der Waals surface area contributed by atoms with Crippen LogP contribution in [0.1, 0.15) is 43.4 Å². The number of rotatable bonds is 13. The Hall–Kier alpha value is -3.77. The monoisotopic (exact) mass is 653 g/mol. The molecule has 0 aliphatic heterocycles. The quantitative estimate of drug-likeness (QED) is 0.237. The van der Waals surface area contributed by atoms with Gasteiger partial charge in [0, 0.05) is 13.1 Å². The summed E-state index contributed by atoms with van der Waals surface area (Å²) in [6.45, 7) is 4.73. The highest BCUT2D eigenvalue weighted by Crippen LogP contribution is 2.38. The van der Waals surface area contributed by atoms with Crippen molar-refractivity contribution in [1.82, 2.24) is 10.2 Å². The third-order valence-electron chi connectivity index (χ3n) is 6.88. The molecule has 0 unspecified atom stereocenters. The lowest BCUT2D eigenvalue weighted by Gasteiger charge is -2.33. The molecule has 2 amide bonds. The second kappa shape index (κ2) is 14.8. The van der Waals surface area contributed by atoms with Crippen LogP contribution in [0.5, 0.6) is 5.75 Å². The van der Waals surface area contributed by atoms with E-state index in [1.807, 2.05) is 6.92 Å². The first-order valence-electron chi connectivity index (χ1n) is 13.9. The summed E-state index contributed by atoms with van der Waals surface area (Å²) in [5, 5.41) is 2.15. The topological polar surface area (TPSA) is 96.0 Å². The van der Waals surface area contributed by atoms with E-state index in [1.165, 1.54) is 36.3 Å². The lowest BCUT2D eigenvalue weighted by Crippen LogP contribution is -2.52. The number of ether oxygens (including phenoxy) is 1. The lowest BCUT2D eigenvalue weighted by atomic mass is 10.1. The highest BCUT2D eigenvalue weighted by molar-refractivity contribution is 7.92. The molecule has 238 valence electrons. The molecule has 0 aliphatic carbocycles. The molecule has 8 nitrogen and oxygen atoms in total. The fraction of sp³-hybridized carbons (Fsp3) is 0.355. The van der Waals surface area contributed by atoms with Crippen molar-refractivity contribution in [3.05, 3.63) is 88.4 Å². The number of nitrogens with zero attached hydrogens (tertiary/aromatic N) is 2. The molecule has 1 atom stereocenters. The number of halogens is 4. The first-order chi connectivity index (χ1) is 20.7. The van der Waals surface area contributed by atoms with Gasteiger partial charge in [0.25, 0.3) is 10.0 Å². The maximum absolute atomic E-state index is 14.1. The maximum atomic E-state index is 14.1. The van der Waals surface area contributed by atoms with Gasteiger partial charge >= 0.3 is 6.18 Å². The summed E-state index contributed by atoms with van der Waals surface area (Å²) >= 11 is 5.82. The summed E-state index contributed by atoms with van der Waals surface area (Å²) in [6, 6.07) is 14.1. The van der Waals surface area contributed by atoms with E-state index < -0.39 is 56.9 Å². The van der Waals surface area contributed by atoms with Gasteiger partial charge in [-0.3, -0.25) is 13.9 Å². The molecule has 3 aromatic rings. The average molecular weight is 654 g/mol. The molecule has 0 fully saturated rings. The second-order valence-electron chi connectivity index (χ2n) is 10.1. The van der Waals surface area contributed by atoms with E-state index >= 15 is 0 Å². The van der Waals surface area contributed by atoms with Crippen molar-refractivity contribution in [2.45, 2.75) is 57.3 Å². The van der Waals surface area contributed by atoms with Crippen LogP contribution in [0.4, 0.5) is 18.9 Å². The van der Waals surface area contributed by atoms with Gasteiger partial charge in [-0.15, -0.1) is 0 Å². The lowest BCUT2D eigenvalue weighted by molar-refractivity contribution is -0.140. The Kier molecular flexibility index (Phi) is 11.7. The number of carbonyl (C=O) groups is 2. The third kappa shape index (κ3) is 8.44. The van der Waals surface area contributed by atoms with Gasteiger partial charge in [0.1, 0.15) is 18.3 Å². The van der Waals surface area contributed by atoms with Crippen molar-refractivity contribution in [2.75, 3.05) is 24.5 Å². The van der Waals surface area contributed by atoms with Gasteiger partial charge in [-0.2, -0.15) is 13.2 Å². The molecule has 3 rings (SSSR count). The highest BCUT2D eigenvalue weighted by atomic mass is 35.5. The fourth-order valence-corrected chi connectivity index (χ4v) is 6.10. The number of hydrogen-bond donors (Lipinski definition) is 1. The van der Waals surface area contributed by atoms with Crippen molar-refractivity contribution < 1.29 is 35.9 Å². The third-order valence-corrected chi connectivity index (χ3v) is 9.00. The predicted octanol–water partition coefficient (Wildman–Crippen LogP) is 6.20. The van der Waals surface area contributed by atoms with Crippen LogP contribution in [0.25, 0.3) is 0 Å². The SMILES string of the molecule is CCCNC(=O)[C@@H](CC)N(Cc1ccc(OC)cc1)C(=O)CN(c1ccc(Cl)c(C(F)(F)F)c1)S(=O)(=O)c1ccc(C)cc1. The van der Waals surface area contributed by atoms with Crippen LogP contribution in [0.2, 0.25) is 5.02 Å². The number of aryl methyl sites for hydroxylation is 1. The Labute approximate surface area is 260 Å². The predicted molar refractivity (Wildman–Crippen MR) is 163 cm³/mol. The smallest absolute Gasteiger partial charge is 0.417 e. The number of benzene rings is 3. The first-order valence-corrected chi connectivity index (χ1v) is 15.7. The van der Waals surface area contributed by atoms with Crippen molar-refractivity contribution >= 4 is 39.1 Å². The largest absolute Gasteiger partial charge is 0.497 e. The average Bonchev–Trinajstić information content (AvgIpc) is 2.98. The molecule has 0 bridgehead atoms. The van der Waals surface area contributed by atoms with Gasteiger partial charge in [-0.05, 0) is 67.8 Å².